The first-order chi connectivity index (χ1) is 12.9. The van der Waals surface area contributed by atoms with Crippen LogP contribution >= 0.6 is 11.3 Å². The number of thiazole rings is 1. The maximum atomic E-state index is 12.3. The molecule has 0 N–H and O–H groups in total. The van der Waals surface area contributed by atoms with E-state index in [9.17, 15) is 14.9 Å². The molecule has 1 amide bonds. The van der Waals surface area contributed by atoms with Gasteiger partial charge in [-0.25, -0.2) is 0 Å². The molecule has 3 aromatic rings. The van der Waals surface area contributed by atoms with Crippen molar-refractivity contribution in [3.8, 4) is 11.5 Å². The second-order valence-corrected chi connectivity index (χ2v) is 6.73. The number of amides is 1. The van der Waals surface area contributed by atoms with Gasteiger partial charge in [-0.2, -0.15) is 4.99 Å². The fourth-order valence-electron chi connectivity index (χ4n) is 2.62. The molecule has 0 aliphatic heterocycles. The summed E-state index contributed by atoms with van der Waals surface area (Å²) in [7, 11) is 4.95. The first-order valence-electron chi connectivity index (χ1n) is 7.95. The summed E-state index contributed by atoms with van der Waals surface area (Å²) in [5.74, 6) is 0.878. The van der Waals surface area contributed by atoms with E-state index in [0.29, 0.717) is 21.9 Å². The number of hydrogen-bond acceptors (Lipinski definition) is 6. The van der Waals surface area contributed by atoms with Crippen molar-refractivity contribution in [3.63, 3.8) is 0 Å². The summed E-state index contributed by atoms with van der Waals surface area (Å²) in [6, 6.07) is 9.56. The lowest BCUT2D eigenvalue weighted by Crippen LogP contribution is -2.14. The number of carbonyl (C=O) groups excluding carboxylic acids is 1. The molecule has 0 unspecified atom stereocenters. The Hall–Kier alpha value is -3.20. The number of nitro benzene ring substituents is 1. The van der Waals surface area contributed by atoms with Gasteiger partial charge in [0.05, 0.1) is 35.8 Å². The van der Waals surface area contributed by atoms with Crippen LogP contribution in [-0.4, -0.2) is 29.6 Å². The summed E-state index contributed by atoms with van der Waals surface area (Å²) in [5, 5.41) is 10.7. The fraction of sp³-hybridized carbons (Fsp3) is 0.222. The number of carbonyl (C=O) groups is 1. The van der Waals surface area contributed by atoms with Crippen LogP contribution in [0, 0.1) is 10.1 Å². The first-order valence-corrected chi connectivity index (χ1v) is 8.77. The molecule has 3 rings (SSSR count). The monoisotopic (exact) mass is 387 g/mol. The van der Waals surface area contributed by atoms with Gasteiger partial charge in [-0.1, -0.05) is 23.5 Å². The van der Waals surface area contributed by atoms with Crippen molar-refractivity contribution in [3.05, 3.63) is 56.9 Å². The van der Waals surface area contributed by atoms with Crippen LogP contribution in [0.15, 0.2) is 41.4 Å². The lowest BCUT2D eigenvalue weighted by molar-refractivity contribution is -0.384. The Morgan fingerprint density at radius 3 is 2.41 bits per heavy atom. The highest BCUT2D eigenvalue weighted by Gasteiger charge is 2.12. The molecule has 27 heavy (non-hydrogen) atoms. The van der Waals surface area contributed by atoms with Crippen molar-refractivity contribution >= 4 is 33.1 Å². The third-order valence-corrected chi connectivity index (χ3v) is 5.13. The van der Waals surface area contributed by atoms with Gasteiger partial charge in [0.25, 0.3) is 11.6 Å². The van der Waals surface area contributed by atoms with E-state index in [1.54, 1.807) is 26.4 Å². The van der Waals surface area contributed by atoms with Crippen LogP contribution in [0.2, 0.25) is 0 Å². The van der Waals surface area contributed by atoms with Gasteiger partial charge < -0.3 is 14.0 Å². The number of methoxy groups -OCH3 is 2. The van der Waals surface area contributed by atoms with Crippen molar-refractivity contribution in [2.45, 2.75) is 6.42 Å². The summed E-state index contributed by atoms with van der Waals surface area (Å²) < 4.78 is 13.4. The van der Waals surface area contributed by atoms with Crippen LogP contribution in [0.3, 0.4) is 0 Å². The average molecular weight is 387 g/mol. The van der Waals surface area contributed by atoms with Crippen LogP contribution in [0.1, 0.15) is 5.56 Å². The van der Waals surface area contributed by atoms with E-state index in [-0.39, 0.29) is 18.0 Å². The molecule has 140 valence electrons. The zero-order valence-corrected chi connectivity index (χ0v) is 15.8. The van der Waals surface area contributed by atoms with E-state index in [0.717, 1.165) is 10.2 Å². The van der Waals surface area contributed by atoms with Gasteiger partial charge in [-0.15, -0.1) is 0 Å². The van der Waals surface area contributed by atoms with E-state index in [2.05, 4.69) is 4.99 Å². The number of nitrogens with zero attached hydrogens (tertiary/aromatic N) is 3. The standard InChI is InChI=1S/C18H17N3O5S/c1-20-13-9-14(25-2)15(26-3)10-16(13)27-18(20)19-17(22)8-11-4-6-12(7-5-11)21(23)24/h4-7,9-10H,8H2,1-3H3. The number of benzene rings is 2. The first kappa shape index (κ1) is 18.6. The SMILES string of the molecule is COc1cc2sc(=NC(=O)Cc3ccc([N+](=O)[O-])cc3)n(C)c2cc1OC. The number of rotatable bonds is 5. The molecule has 0 atom stereocenters. The third-order valence-electron chi connectivity index (χ3n) is 4.04. The number of hydrogen-bond donors (Lipinski definition) is 0. The third kappa shape index (κ3) is 3.82. The molecule has 1 heterocycles. The molecule has 8 nitrogen and oxygen atoms in total. The normalized spacial score (nSPS) is 11.6. The average Bonchev–Trinajstić information content (AvgIpc) is 2.95. The summed E-state index contributed by atoms with van der Waals surface area (Å²) in [6.45, 7) is 0. The maximum Gasteiger partial charge on any atom is 0.269 e. The summed E-state index contributed by atoms with van der Waals surface area (Å²) in [4.78, 5) is 27.3. The van der Waals surface area contributed by atoms with E-state index >= 15 is 0 Å². The molecule has 2 aromatic carbocycles. The second-order valence-electron chi connectivity index (χ2n) is 5.72. The second kappa shape index (κ2) is 7.58. The van der Waals surface area contributed by atoms with Crippen molar-refractivity contribution < 1.29 is 19.2 Å². The quantitative estimate of drug-likeness (QED) is 0.495. The van der Waals surface area contributed by atoms with Crippen LogP contribution < -0.4 is 14.3 Å². The number of fused-ring (bicyclic) bond motifs is 1. The van der Waals surface area contributed by atoms with Gasteiger partial charge in [0.2, 0.25) is 0 Å². The van der Waals surface area contributed by atoms with Crippen LogP contribution in [0.5, 0.6) is 11.5 Å². The number of aryl methyl sites for hydroxylation is 1. The zero-order valence-electron chi connectivity index (χ0n) is 15.0. The Bertz CT molecular complexity index is 1080. The Morgan fingerprint density at radius 2 is 1.81 bits per heavy atom. The lowest BCUT2D eigenvalue weighted by Gasteiger charge is -2.07. The van der Waals surface area contributed by atoms with E-state index in [1.165, 1.54) is 23.5 Å². The molecule has 9 heteroatoms. The smallest absolute Gasteiger partial charge is 0.269 e. The predicted octanol–water partition coefficient (Wildman–Crippen LogP) is 2.84. The number of nitro groups is 1. The molecule has 0 aliphatic carbocycles. The lowest BCUT2D eigenvalue weighted by atomic mass is 10.1. The van der Waals surface area contributed by atoms with E-state index in [4.69, 9.17) is 9.47 Å². The van der Waals surface area contributed by atoms with Gasteiger partial charge in [-0.3, -0.25) is 14.9 Å². The van der Waals surface area contributed by atoms with Crippen molar-refractivity contribution in [2.24, 2.45) is 12.0 Å². The summed E-state index contributed by atoms with van der Waals surface area (Å²) in [6.07, 6.45) is 0.0683. The van der Waals surface area contributed by atoms with Crippen molar-refractivity contribution in [1.82, 2.24) is 4.57 Å². The molecular weight excluding hydrogens is 370 g/mol. The van der Waals surface area contributed by atoms with Gasteiger partial charge in [0.1, 0.15) is 0 Å². The Kier molecular flexibility index (Phi) is 5.22. The Balaban J connectivity index is 1.91. The van der Waals surface area contributed by atoms with Crippen LogP contribution in [0.25, 0.3) is 10.2 Å². The molecule has 0 saturated heterocycles. The predicted molar refractivity (Wildman–Crippen MR) is 101 cm³/mol. The topological polar surface area (TPSA) is 96.0 Å². The molecular formula is C18H17N3O5S. The van der Waals surface area contributed by atoms with E-state index < -0.39 is 4.92 Å². The highest BCUT2D eigenvalue weighted by molar-refractivity contribution is 7.16. The minimum Gasteiger partial charge on any atom is -0.493 e. The highest BCUT2D eigenvalue weighted by atomic mass is 32.1. The summed E-state index contributed by atoms with van der Waals surface area (Å²) >= 11 is 1.37. The largest absolute Gasteiger partial charge is 0.493 e. The number of non-ortho nitro benzene ring substituents is 1. The summed E-state index contributed by atoms with van der Waals surface area (Å²) in [5.41, 5.74) is 1.53. The van der Waals surface area contributed by atoms with Crippen molar-refractivity contribution in [1.29, 1.82) is 0 Å². The number of aromatic nitrogens is 1. The van der Waals surface area contributed by atoms with E-state index in [1.807, 2.05) is 23.7 Å². The molecule has 0 bridgehead atoms. The van der Waals surface area contributed by atoms with Gasteiger partial charge in [0.15, 0.2) is 16.3 Å². The minimum atomic E-state index is -0.476. The fourth-order valence-corrected chi connectivity index (χ4v) is 3.66. The number of ether oxygens (including phenoxy) is 2. The van der Waals surface area contributed by atoms with Gasteiger partial charge in [0, 0.05) is 31.3 Å². The minimum absolute atomic E-state index is 0.0121. The Labute approximate surface area is 158 Å². The van der Waals surface area contributed by atoms with Crippen LogP contribution in [-0.2, 0) is 18.3 Å². The highest BCUT2D eigenvalue weighted by Crippen LogP contribution is 2.33. The molecule has 1 aromatic heterocycles. The molecule has 0 saturated carbocycles. The zero-order chi connectivity index (χ0) is 19.6. The van der Waals surface area contributed by atoms with Gasteiger partial charge >= 0.3 is 0 Å². The Morgan fingerprint density at radius 1 is 1.19 bits per heavy atom. The molecule has 0 fully saturated rings. The van der Waals surface area contributed by atoms with Crippen LogP contribution in [0.4, 0.5) is 5.69 Å². The molecule has 0 aliphatic rings. The molecule has 0 radical (unpaired) electrons. The maximum absolute atomic E-state index is 12.3. The van der Waals surface area contributed by atoms with Crippen molar-refractivity contribution in [2.75, 3.05) is 14.2 Å². The molecule has 0 spiro atoms. The van der Waals surface area contributed by atoms with Gasteiger partial charge in [-0.05, 0) is 5.56 Å².